The molecule has 3 rings (SSSR count). The lowest BCUT2D eigenvalue weighted by molar-refractivity contribution is 0.162. The molecule has 1 saturated heterocycles. The van der Waals surface area contributed by atoms with Gasteiger partial charge in [-0.05, 0) is 35.4 Å². The summed E-state index contributed by atoms with van der Waals surface area (Å²) in [4.78, 5) is 2.19. The molecular formula is C12H17N5O2. The van der Waals surface area contributed by atoms with Gasteiger partial charge in [0.25, 0.3) is 0 Å². The Morgan fingerprint density at radius 1 is 1.47 bits per heavy atom. The van der Waals surface area contributed by atoms with E-state index in [2.05, 4.69) is 20.4 Å². The lowest BCUT2D eigenvalue weighted by Crippen LogP contribution is -2.25. The van der Waals surface area contributed by atoms with E-state index in [1.807, 2.05) is 19.2 Å². The third-order valence-corrected chi connectivity index (χ3v) is 3.40. The Labute approximate surface area is 111 Å². The van der Waals surface area contributed by atoms with Crippen molar-refractivity contribution in [2.75, 3.05) is 18.6 Å². The Morgan fingerprint density at radius 3 is 3.11 bits per heavy atom. The molecule has 1 aliphatic rings. The second kappa shape index (κ2) is 5.00. The van der Waals surface area contributed by atoms with Gasteiger partial charge in [-0.2, -0.15) is 0 Å². The quantitative estimate of drug-likeness (QED) is 0.828. The van der Waals surface area contributed by atoms with Gasteiger partial charge in [0, 0.05) is 20.7 Å². The monoisotopic (exact) mass is 263 g/mol. The van der Waals surface area contributed by atoms with Crippen LogP contribution in [0.4, 0.5) is 5.95 Å². The molecule has 7 nitrogen and oxygen atoms in total. The van der Waals surface area contributed by atoms with E-state index >= 15 is 0 Å². The Bertz CT molecular complexity index is 550. The number of nitrogens with zero attached hydrogens (tertiary/aromatic N) is 5. The molecule has 0 N–H and O–H groups in total. The van der Waals surface area contributed by atoms with E-state index in [4.69, 9.17) is 9.15 Å². The molecule has 7 heteroatoms. The molecule has 102 valence electrons. The number of methoxy groups -OCH3 is 1. The number of hydrogen-bond acceptors (Lipinski definition) is 6. The van der Waals surface area contributed by atoms with E-state index in [0.717, 1.165) is 36.9 Å². The zero-order valence-corrected chi connectivity index (χ0v) is 11.1. The molecule has 1 fully saturated rings. The van der Waals surface area contributed by atoms with Crippen molar-refractivity contribution < 1.29 is 9.15 Å². The van der Waals surface area contributed by atoms with Crippen molar-refractivity contribution >= 4 is 5.95 Å². The van der Waals surface area contributed by atoms with Crippen molar-refractivity contribution in [1.29, 1.82) is 0 Å². The van der Waals surface area contributed by atoms with Crippen molar-refractivity contribution in [1.82, 2.24) is 20.2 Å². The van der Waals surface area contributed by atoms with Crippen LogP contribution in [-0.2, 0) is 18.4 Å². The minimum atomic E-state index is 0.204. The molecule has 0 radical (unpaired) electrons. The van der Waals surface area contributed by atoms with Crippen LogP contribution in [0.25, 0.3) is 0 Å². The van der Waals surface area contributed by atoms with Gasteiger partial charge in [-0.1, -0.05) is 5.10 Å². The number of aromatic nitrogens is 4. The van der Waals surface area contributed by atoms with Crippen LogP contribution in [0.3, 0.4) is 0 Å². The summed E-state index contributed by atoms with van der Waals surface area (Å²) in [7, 11) is 3.51. The van der Waals surface area contributed by atoms with Crippen molar-refractivity contribution in [3.63, 3.8) is 0 Å². The second-order valence-electron chi connectivity index (χ2n) is 4.69. The molecule has 0 amide bonds. The highest BCUT2D eigenvalue weighted by molar-refractivity contribution is 5.35. The standard InChI is InChI=1S/C12H17N5O2/c1-16-12(13-14-15-16)17-7-3-4-10(17)11-6-5-9(19-11)8-18-2/h5-6,10H,3-4,7-8H2,1-2H3. The molecule has 1 atom stereocenters. The van der Waals surface area contributed by atoms with Crippen molar-refractivity contribution in [2.45, 2.75) is 25.5 Å². The van der Waals surface area contributed by atoms with E-state index in [0.29, 0.717) is 6.61 Å². The highest BCUT2D eigenvalue weighted by Crippen LogP contribution is 2.35. The first-order valence-corrected chi connectivity index (χ1v) is 6.36. The second-order valence-corrected chi connectivity index (χ2v) is 4.69. The molecule has 0 aromatic carbocycles. The summed E-state index contributed by atoms with van der Waals surface area (Å²) in [5.41, 5.74) is 0. The zero-order chi connectivity index (χ0) is 13.2. The van der Waals surface area contributed by atoms with Crippen LogP contribution < -0.4 is 4.90 Å². The molecule has 3 heterocycles. The van der Waals surface area contributed by atoms with Crippen LogP contribution in [-0.4, -0.2) is 33.9 Å². The fourth-order valence-electron chi connectivity index (χ4n) is 2.56. The normalized spacial score (nSPS) is 19.3. The lowest BCUT2D eigenvalue weighted by atomic mass is 10.2. The molecule has 1 unspecified atom stereocenters. The zero-order valence-electron chi connectivity index (χ0n) is 11.1. The number of anilines is 1. The summed E-state index contributed by atoms with van der Waals surface area (Å²) in [6, 6.07) is 4.18. The van der Waals surface area contributed by atoms with Crippen LogP contribution in [0.1, 0.15) is 30.4 Å². The first-order valence-electron chi connectivity index (χ1n) is 6.36. The topological polar surface area (TPSA) is 69.2 Å². The van der Waals surface area contributed by atoms with Crippen molar-refractivity contribution in [3.05, 3.63) is 23.7 Å². The van der Waals surface area contributed by atoms with Gasteiger partial charge in [-0.3, -0.25) is 0 Å². The molecule has 1 aliphatic heterocycles. The maximum absolute atomic E-state index is 5.83. The van der Waals surface area contributed by atoms with Gasteiger partial charge in [-0.15, -0.1) is 0 Å². The van der Waals surface area contributed by atoms with Gasteiger partial charge >= 0.3 is 0 Å². The predicted molar refractivity (Wildman–Crippen MR) is 67.5 cm³/mol. The Kier molecular flexibility index (Phi) is 3.20. The molecule has 19 heavy (non-hydrogen) atoms. The van der Waals surface area contributed by atoms with Gasteiger partial charge in [0.15, 0.2) is 0 Å². The Hall–Kier alpha value is -1.89. The summed E-state index contributed by atoms with van der Waals surface area (Å²) < 4.78 is 12.6. The summed E-state index contributed by atoms with van der Waals surface area (Å²) in [5, 5.41) is 11.7. The predicted octanol–water partition coefficient (Wildman–Crippen LogP) is 1.29. The average molecular weight is 263 g/mol. The molecule has 2 aromatic rings. The molecule has 2 aromatic heterocycles. The fourth-order valence-corrected chi connectivity index (χ4v) is 2.56. The largest absolute Gasteiger partial charge is 0.461 e. The molecule has 0 saturated carbocycles. The third kappa shape index (κ3) is 2.21. The van der Waals surface area contributed by atoms with E-state index in [1.54, 1.807) is 11.8 Å². The lowest BCUT2D eigenvalue weighted by Gasteiger charge is -2.22. The Balaban J connectivity index is 1.84. The minimum Gasteiger partial charge on any atom is -0.461 e. The van der Waals surface area contributed by atoms with Crippen LogP contribution in [0.2, 0.25) is 0 Å². The summed E-state index contributed by atoms with van der Waals surface area (Å²) in [6.07, 6.45) is 2.16. The average Bonchev–Trinajstić information content (AvgIpc) is 3.07. The van der Waals surface area contributed by atoms with Gasteiger partial charge in [0.2, 0.25) is 5.95 Å². The number of ether oxygens (including phenoxy) is 1. The summed E-state index contributed by atoms with van der Waals surface area (Å²) in [6.45, 7) is 1.44. The smallest absolute Gasteiger partial charge is 0.245 e. The number of aryl methyl sites for hydroxylation is 1. The molecular weight excluding hydrogens is 246 g/mol. The van der Waals surface area contributed by atoms with Crippen LogP contribution in [0.5, 0.6) is 0 Å². The third-order valence-electron chi connectivity index (χ3n) is 3.40. The SMILES string of the molecule is COCc1ccc(C2CCCN2c2nnnn2C)o1. The number of hydrogen-bond donors (Lipinski definition) is 0. The van der Waals surface area contributed by atoms with Gasteiger partial charge in [0.05, 0.1) is 6.04 Å². The van der Waals surface area contributed by atoms with Gasteiger partial charge < -0.3 is 14.1 Å². The van der Waals surface area contributed by atoms with E-state index in [9.17, 15) is 0 Å². The van der Waals surface area contributed by atoms with Gasteiger partial charge in [0.1, 0.15) is 18.1 Å². The van der Waals surface area contributed by atoms with Crippen molar-refractivity contribution in [2.24, 2.45) is 7.05 Å². The fraction of sp³-hybridized carbons (Fsp3) is 0.583. The summed E-state index contributed by atoms with van der Waals surface area (Å²) >= 11 is 0. The minimum absolute atomic E-state index is 0.204. The highest BCUT2D eigenvalue weighted by Gasteiger charge is 2.31. The van der Waals surface area contributed by atoms with E-state index in [1.165, 1.54) is 0 Å². The maximum Gasteiger partial charge on any atom is 0.245 e. The first kappa shape index (κ1) is 12.2. The summed E-state index contributed by atoms with van der Waals surface area (Å²) in [5.74, 6) is 2.58. The van der Waals surface area contributed by atoms with Crippen LogP contribution in [0, 0.1) is 0 Å². The maximum atomic E-state index is 5.83. The number of tetrazole rings is 1. The first-order chi connectivity index (χ1) is 9.29. The number of rotatable bonds is 4. The molecule has 0 spiro atoms. The Morgan fingerprint density at radius 2 is 2.37 bits per heavy atom. The van der Waals surface area contributed by atoms with Gasteiger partial charge in [-0.25, -0.2) is 4.68 Å². The van der Waals surface area contributed by atoms with Crippen LogP contribution in [0.15, 0.2) is 16.5 Å². The molecule has 0 bridgehead atoms. The van der Waals surface area contributed by atoms with E-state index < -0.39 is 0 Å². The highest BCUT2D eigenvalue weighted by atomic mass is 16.5. The number of furan rings is 1. The van der Waals surface area contributed by atoms with Crippen molar-refractivity contribution in [3.8, 4) is 0 Å². The van der Waals surface area contributed by atoms with Crippen LogP contribution >= 0.6 is 0 Å². The molecule has 0 aliphatic carbocycles. The van der Waals surface area contributed by atoms with E-state index in [-0.39, 0.29) is 6.04 Å².